The Kier molecular flexibility index (Phi) is 4.18. The maximum Gasteiger partial charge on any atom is 0.257 e. The van der Waals surface area contributed by atoms with Gasteiger partial charge in [-0.1, -0.05) is 17.7 Å². The molecule has 1 aromatic carbocycles. The predicted octanol–water partition coefficient (Wildman–Crippen LogP) is 2.30. The Bertz CT molecular complexity index is 684. The van der Waals surface area contributed by atoms with Gasteiger partial charge in [-0.15, -0.1) is 0 Å². The molecule has 116 valence electrons. The monoisotopic (exact) mass is 318 g/mol. The minimum absolute atomic E-state index is 0.0360. The predicted molar refractivity (Wildman–Crippen MR) is 86.6 cm³/mol. The van der Waals surface area contributed by atoms with Crippen molar-refractivity contribution < 1.29 is 4.79 Å². The number of benzene rings is 1. The molecule has 2 aromatic rings. The van der Waals surface area contributed by atoms with Gasteiger partial charge in [0, 0.05) is 36.9 Å². The Morgan fingerprint density at radius 1 is 1.36 bits per heavy atom. The van der Waals surface area contributed by atoms with Gasteiger partial charge < -0.3 is 9.80 Å². The van der Waals surface area contributed by atoms with E-state index in [1.165, 1.54) is 0 Å². The fraction of sp³-hybridized carbons (Fsp3) is 0.375. The highest BCUT2D eigenvalue weighted by Gasteiger charge is 2.27. The van der Waals surface area contributed by atoms with Crippen molar-refractivity contribution >= 4 is 17.5 Å². The van der Waals surface area contributed by atoms with Gasteiger partial charge in [0.05, 0.1) is 17.4 Å². The van der Waals surface area contributed by atoms with Gasteiger partial charge in [-0.2, -0.15) is 5.10 Å². The number of carbonyl (C=O) groups excluding carboxylic acids is 1. The summed E-state index contributed by atoms with van der Waals surface area (Å²) >= 11 is 6.00. The second-order valence-electron chi connectivity index (χ2n) is 5.76. The molecule has 1 aliphatic rings. The highest BCUT2D eigenvalue weighted by atomic mass is 35.5. The van der Waals surface area contributed by atoms with E-state index in [0.717, 1.165) is 25.3 Å². The molecule has 1 aliphatic heterocycles. The largest absolute Gasteiger partial charge is 0.333 e. The number of carbonyl (C=O) groups is 1. The van der Waals surface area contributed by atoms with E-state index in [1.54, 1.807) is 17.1 Å². The van der Waals surface area contributed by atoms with Crippen LogP contribution in [0.3, 0.4) is 0 Å². The number of aromatic nitrogens is 2. The molecule has 1 aromatic heterocycles. The van der Waals surface area contributed by atoms with Gasteiger partial charge in [-0.25, -0.2) is 4.68 Å². The number of piperazine rings is 1. The van der Waals surface area contributed by atoms with Crippen LogP contribution in [0.4, 0.5) is 0 Å². The van der Waals surface area contributed by atoms with E-state index in [9.17, 15) is 4.79 Å². The third-order valence-corrected chi connectivity index (χ3v) is 4.23. The number of nitrogens with zero attached hydrogens (tertiary/aromatic N) is 4. The molecule has 1 atom stereocenters. The SMILES string of the molecule is CC1CN(C)CCN1C(=O)c1cnn(-c2cccc(Cl)c2)c1. The molecule has 1 fully saturated rings. The fourth-order valence-electron chi connectivity index (χ4n) is 2.80. The van der Waals surface area contributed by atoms with E-state index in [-0.39, 0.29) is 11.9 Å². The van der Waals surface area contributed by atoms with Crippen LogP contribution in [0.15, 0.2) is 36.7 Å². The van der Waals surface area contributed by atoms with Crippen molar-refractivity contribution in [2.24, 2.45) is 0 Å². The van der Waals surface area contributed by atoms with Crippen LogP contribution < -0.4 is 0 Å². The first-order valence-corrected chi connectivity index (χ1v) is 7.72. The first-order valence-electron chi connectivity index (χ1n) is 7.35. The Balaban J connectivity index is 1.80. The van der Waals surface area contributed by atoms with E-state index in [1.807, 2.05) is 29.2 Å². The molecule has 2 heterocycles. The molecule has 0 radical (unpaired) electrons. The topological polar surface area (TPSA) is 41.4 Å². The average Bonchev–Trinajstić information content (AvgIpc) is 2.96. The number of hydrogen-bond donors (Lipinski definition) is 0. The Hall–Kier alpha value is -1.85. The van der Waals surface area contributed by atoms with Crippen LogP contribution in [0, 0.1) is 0 Å². The highest BCUT2D eigenvalue weighted by Crippen LogP contribution is 2.17. The Morgan fingerprint density at radius 3 is 2.91 bits per heavy atom. The lowest BCUT2D eigenvalue weighted by Gasteiger charge is -2.38. The van der Waals surface area contributed by atoms with Gasteiger partial charge in [-0.05, 0) is 32.2 Å². The molecule has 0 saturated carbocycles. The van der Waals surface area contributed by atoms with E-state index in [2.05, 4.69) is 24.0 Å². The second-order valence-corrected chi connectivity index (χ2v) is 6.20. The zero-order valence-electron chi connectivity index (χ0n) is 12.7. The van der Waals surface area contributed by atoms with Crippen molar-refractivity contribution in [1.29, 1.82) is 0 Å². The summed E-state index contributed by atoms with van der Waals surface area (Å²) in [4.78, 5) is 16.8. The minimum Gasteiger partial charge on any atom is -0.333 e. The van der Waals surface area contributed by atoms with E-state index in [0.29, 0.717) is 10.6 Å². The van der Waals surface area contributed by atoms with Gasteiger partial charge in [0.25, 0.3) is 5.91 Å². The Morgan fingerprint density at radius 2 is 2.18 bits per heavy atom. The van der Waals surface area contributed by atoms with Crippen LogP contribution in [0.1, 0.15) is 17.3 Å². The molecule has 1 saturated heterocycles. The molecular weight excluding hydrogens is 300 g/mol. The van der Waals surface area contributed by atoms with Crippen molar-refractivity contribution in [3.05, 3.63) is 47.2 Å². The minimum atomic E-state index is 0.0360. The second kappa shape index (κ2) is 6.10. The third kappa shape index (κ3) is 3.00. The maximum absolute atomic E-state index is 12.7. The molecule has 0 bridgehead atoms. The number of hydrogen-bond acceptors (Lipinski definition) is 3. The smallest absolute Gasteiger partial charge is 0.257 e. The summed E-state index contributed by atoms with van der Waals surface area (Å²) in [6, 6.07) is 7.61. The number of likely N-dealkylation sites (N-methyl/N-ethyl adjacent to an activating group) is 1. The summed E-state index contributed by atoms with van der Waals surface area (Å²) in [5, 5.41) is 4.93. The van der Waals surface area contributed by atoms with Crippen LogP contribution in [0.5, 0.6) is 0 Å². The van der Waals surface area contributed by atoms with E-state index >= 15 is 0 Å². The molecule has 6 heteroatoms. The number of rotatable bonds is 2. The summed E-state index contributed by atoms with van der Waals surface area (Å²) in [6.07, 6.45) is 3.38. The molecule has 1 amide bonds. The molecule has 0 N–H and O–H groups in total. The van der Waals surface area contributed by atoms with Gasteiger partial charge >= 0.3 is 0 Å². The lowest BCUT2D eigenvalue weighted by molar-refractivity contribution is 0.0533. The average molecular weight is 319 g/mol. The summed E-state index contributed by atoms with van der Waals surface area (Å²) in [5.41, 5.74) is 1.45. The standard InChI is InChI=1S/C16H19ClN4O/c1-12-10-19(2)6-7-20(12)16(22)13-9-18-21(11-13)15-5-3-4-14(17)8-15/h3-5,8-9,11-12H,6-7,10H2,1-2H3. The van der Waals surface area contributed by atoms with Crippen LogP contribution in [0.25, 0.3) is 5.69 Å². The van der Waals surface area contributed by atoms with Gasteiger partial charge in [0.2, 0.25) is 0 Å². The summed E-state index contributed by atoms with van der Waals surface area (Å²) in [6.45, 7) is 4.63. The van der Waals surface area contributed by atoms with E-state index in [4.69, 9.17) is 11.6 Å². The van der Waals surface area contributed by atoms with Crippen molar-refractivity contribution in [3.8, 4) is 5.69 Å². The molecule has 0 spiro atoms. The number of amides is 1. The lowest BCUT2D eigenvalue weighted by Crippen LogP contribution is -2.52. The first-order chi connectivity index (χ1) is 10.5. The van der Waals surface area contributed by atoms with Crippen molar-refractivity contribution in [1.82, 2.24) is 19.6 Å². The Labute approximate surface area is 135 Å². The fourth-order valence-corrected chi connectivity index (χ4v) is 2.98. The van der Waals surface area contributed by atoms with Crippen LogP contribution in [-0.2, 0) is 0 Å². The molecule has 3 rings (SSSR count). The van der Waals surface area contributed by atoms with Gasteiger partial charge in [0.1, 0.15) is 0 Å². The quantitative estimate of drug-likeness (QED) is 0.853. The summed E-state index contributed by atoms with van der Waals surface area (Å²) < 4.78 is 1.68. The van der Waals surface area contributed by atoms with Crippen molar-refractivity contribution in [2.45, 2.75) is 13.0 Å². The summed E-state index contributed by atoms with van der Waals surface area (Å²) in [5.74, 6) is 0.0360. The molecule has 22 heavy (non-hydrogen) atoms. The van der Waals surface area contributed by atoms with Crippen LogP contribution in [-0.4, -0.2) is 58.2 Å². The third-order valence-electron chi connectivity index (χ3n) is 3.99. The highest BCUT2D eigenvalue weighted by molar-refractivity contribution is 6.30. The van der Waals surface area contributed by atoms with Crippen molar-refractivity contribution in [3.63, 3.8) is 0 Å². The first kappa shape index (κ1) is 15.1. The maximum atomic E-state index is 12.7. The van der Waals surface area contributed by atoms with Gasteiger partial charge in [0.15, 0.2) is 0 Å². The number of halogens is 1. The van der Waals surface area contributed by atoms with Crippen LogP contribution in [0.2, 0.25) is 5.02 Å². The molecule has 1 unspecified atom stereocenters. The lowest BCUT2D eigenvalue weighted by atomic mass is 10.1. The molecule has 5 nitrogen and oxygen atoms in total. The van der Waals surface area contributed by atoms with E-state index < -0.39 is 0 Å². The zero-order chi connectivity index (χ0) is 15.7. The molecule has 0 aliphatic carbocycles. The zero-order valence-corrected chi connectivity index (χ0v) is 13.5. The van der Waals surface area contributed by atoms with Crippen LogP contribution >= 0.6 is 11.6 Å². The summed E-state index contributed by atoms with van der Waals surface area (Å²) in [7, 11) is 2.08. The normalized spacial score (nSPS) is 19.4. The molecular formula is C16H19ClN4O. The van der Waals surface area contributed by atoms with Crippen molar-refractivity contribution in [2.75, 3.05) is 26.7 Å². The van der Waals surface area contributed by atoms with Gasteiger partial charge in [-0.3, -0.25) is 4.79 Å².